The summed E-state index contributed by atoms with van der Waals surface area (Å²) in [5, 5.41) is 0. The number of nitrogens with zero attached hydrogens (tertiary/aromatic N) is 1. The first-order valence-corrected chi connectivity index (χ1v) is 9.41. The van der Waals surface area contributed by atoms with Crippen molar-refractivity contribution in [1.29, 1.82) is 0 Å². The van der Waals surface area contributed by atoms with Crippen molar-refractivity contribution in [1.82, 2.24) is 0 Å². The lowest BCUT2D eigenvalue weighted by Gasteiger charge is -2.23. The predicted octanol–water partition coefficient (Wildman–Crippen LogP) is 4.77. The zero-order valence-electron chi connectivity index (χ0n) is 16.0. The Hall–Kier alpha value is -2.80. The Morgan fingerprint density at radius 2 is 1.86 bits per heavy atom. The van der Waals surface area contributed by atoms with E-state index >= 15 is 0 Å². The fourth-order valence-corrected chi connectivity index (χ4v) is 2.92. The van der Waals surface area contributed by atoms with Gasteiger partial charge in [-0.05, 0) is 58.3 Å². The van der Waals surface area contributed by atoms with Gasteiger partial charge in [0.15, 0.2) is 0 Å². The maximum absolute atomic E-state index is 12.5. The third-order valence-electron chi connectivity index (χ3n) is 3.85. The fraction of sp³-hybridized carbons (Fsp3) is 0.238. The van der Waals surface area contributed by atoms with Crippen LogP contribution >= 0.6 is 15.9 Å². The third kappa shape index (κ3) is 5.60. The SMILES string of the molecule is CCOC(=O)/C(Br)=C/c1ccccc1N(Cc1cccc(OC)c1)C(=O)OC. The third-order valence-corrected chi connectivity index (χ3v) is 4.40. The highest BCUT2D eigenvalue weighted by Gasteiger charge is 2.20. The largest absolute Gasteiger partial charge is 0.497 e. The number of hydrogen-bond donors (Lipinski definition) is 0. The molecule has 7 heteroatoms. The van der Waals surface area contributed by atoms with Crippen molar-refractivity contribution in [3.05, 3.63) is 64.1 Å². The van der Waals surface area contributed by atoms with Crippen LogP contribution in [0, 0.1) is 0 Å². The first kappa shape index (κ1) is 21.5. The Bertz CT molecular complexity index is 865. The fourth-order valence-electron chi connectivity index (χ4n) is 2.56. The molecular weight excluding hydrogens is 426 g/mol. The molecule has 0 unspecified atom stereocenters. The molecule has 0 aromatic heterocycles. The number of hydrogen-bond acceptors (Lipinski definition) is 5. The summed E-state index contributed by atoms with van der Waals surface area (Å²) in [6, 6.07) is 14.7. The van der Waals surface area contributed by atoms with Crippen LogP contribution in [0.15, 0.2) is 53.0 Å². The summed E-state index contributed by atoms with van der Waals surface area (Å²) in [5.41, 5.74) is 2.13. The van der Waals surface area contributed by atoms with Gasteiger partial charge in [0.05, 0.1) is 33.1 Å². The molecule has 28 heavy (non-hydrogen) atoms. The Morgan fingerprint density at radius 3 is 2.54 bits per heavy atom. The van der Waals surface area contributed by atoms with E-state index in [0.717, 1.165) is 5.56 Å². The number of para-hydroxylation sites is 1. The number of halogens is 1. The summed E-state index contributed by atoms with van der Waals surface area (Å²) in [5.74, 6) is 0.218. The van der Waals surface area contributed by atoms with Gasteiger partial charge in [-0.15, -0.1) is 0 Å². The Kier molecular flexibility index (Phi) is 8.07. The van der Waals surface area contributed by atoms with E-state index in [9.17, 15) is 9.59 Å². The summed E-state index contributed by atoms with van der Waals surface area (Å²) in [6.45, 7) is 2.28. The lowest BCUT2D eigenvalue weighted by atomic mass is 10.1. The van der Waals surface area contributed by atoms with Gasteiger partial charge in [-0.1, -0.05) is 30.3 Å². The van der Waals surface area contributed by atoms with Gasteiger partial charge in [-0.3, -0.25) is 4.90 Å². The first-order valence-electron chi connectivity index (χ1n) is 8.61. The second-order valence-electron chi connectivity index (χ2n) is 5.68. The van der Waals surface area contributed by atoms with Crippen molar-refractivity contribution in [2.45, 2.75) is 13.5 Å². The van der Waals surface area contributed by atoms with Crippen LogP contribution in [-0.4, -0.2) is 32.9 Å². The molecule has 2 aromatic carbocycles. The summed E-state index contributed by atoms with van der Waals surface area (Å²) in [4.78, 5) is 25.9. The smallest absolute Gasteiger partial charge is 0.414 e. The number of anilines is 1. The molecule has 2 rings (SSSR count). The Labute approximate surface area is 172 Å². The van der Waals surface area contributed by atoms with E-state index in [2.05, 4.69) is 15.9 Å². The van der Waals surface area contributed by atoms with E-state index in [0.29, 0.717) is 17.0 Å². The Balaban J connectivity index is 2.43. The highest BCUT2D eigenvalue weighted by atomic mass is 79.9. The highest BCUT2D eigenvalue weighted by molar-refractivity contribution is 9.12. The van der Waals surface area contributed by atoms with Crippen LogP contribution in [0.3, 0.4) is 0 Å². The Morgan fingerprint density at radius 1 is 1.11 bits per heavy atom. The van der Waals surface area contributed by atoms with Crippen LogP contribution in [0.5, 0.6) is 5.75 Å². The van der Waals surface area contributed by atoms with Gasteiger partial charge < -0.3 is 14.2 Å². The number of amides is 1. The predicted molar refractivity (Wildman–Crippen MR) is 112 cm³/mol. The van der Waals surface area contributed by atoms with E-state index < -0.39 is 12.1 Å². The van der Waals surface area contributed by atoms with Gasteiger partial charge in [0.25, 0.3) is 0 Å². The van der Waals surface area contributed by atoms with Crippen LogP contribution in [0.2, 0.25) is 0 Å². The molecule has 0 fully saturated rings. The molecule has 0 radical (unpaired) electrons. The van der Waals surface area contributed by atoms with Gasteiger partial charge >= 0.3 is 12.1 Å². The monoisotopic (exact) mass is 447 g/mol. The summed E-state index contributed by atoms with van der Waals surface area (Å²) < 4.78 is 15.5. The molecule has 0 saturated carbocycles. The molecule has 0 bridgehead atoms. The molecule has 148 valence electrons. The molecular formula is C21H22BrNO5. The normalized spacial score (nSPS) is 10.9. The number of benzene rings is 2. The minimum absolute atomic E-state index is 0.257. The van der Waals surface area contributed by atoms with Crippen LogP contribution in [-0.2, 0) is 20.8 Å². The van der Waals surface area contributed by atoms with Crippen molar-refractivity contribution in [2.75, 3.05) is 25.7 Å². The number of carbonyl (C=O) groups is 2. The van der Waals surface area contributed by atoms with Crippen molar-refractivity contribution in [3.63, 3.8) is 0 Å². The van der Waals surface area contributed by atoms with Crippen molar-refractivity contribution in [3.8, 4) is 5.75 Å². The zero-order valence-corrected chi connectivity index (χ0v) is 17.6. The average Bonchev–Trinajstić information content (AvgIpc) is 2.72. The van der Waals surface area contributed by atoms with E-state index in [-0.39, 0.29) is 17.6 Å². The second-order valence-corrected chi connectivity index (χ2v) is 6.53. The van der Waals surface area contributed by atoms with E-state index in [4.69, 9.17) is 14.2 Å². The van der Waals surface area contributed by atoms with E-state index in [1.807, 2.05) is 36.4 Å². The van der Waals surface area contributed by atoms with Gasteiger partial charge in [-0.2, -0.15) is 0 Å². The number of ether oxygens (including phenoxy) is 3. The molecule has 2 aromatic rings. The van der Waals surface area contributed by atoms with Gasteiger partial charge in [0.2, 0.25) is 0 Å². The molecule has 1 amide bonds. The maximum atomic E-state index is 12.5. The maximum Gasteiger partial charge on any atom is 0.414 e. The molecule has 0 saturated heterocycles. The molecule has 0 aliphatic rings. The summed E-state index contributed by atoms with van der Waals surface area (Å²) >= 11 is 3.24. The van der Waals surface area contributed by atoms with Crippen LogP contribution < -0.4 is 9.64 Å². The topological polar surface area (TPSA) is 65.1 Å². The quantitative estimate of drug-likeness (QED) is 0.451. The minimum atomic E-state index is -0.518. The summed E-state index contributed by atoms with van der Waals surface area (Å²) in [7, 11) is 2.91. The zero-order chi connectivity index (χ0) is 20.5. The molecule has 6 nitrogen and oxygen atoms in total. The summed E-state index contributed by atoms with van der Waals surface area (Å²) in [6.07, 6.45) is 1.10. The van der Waals surface area contributed by atoms with Crippen molar-refractivity contribution >= 4 is 39.8 Å². The van der Waals surface area contributed by atoms with Crippen molar-refractivity contribution < 1.29 is 23.8 Å². The second kappa shape index (κ2) is 10.5. The molecule has 0 aliphatic carbocycles. The minimum Gasteiger partial charge on any atom is -0.497 e. The van der Waals surface area contributed by atoms with Crippen LogP contribution in [0.4, 0.5) is 10.5 Å². The molecule has 0 atom stereocenters. The number of rotatable bonds is 7. The lowest BCUT2D eigenvalue weighted by Crippen LogP contribution is -2.30. The van der Waals surface area contributed by atoms with Crippen LogP contribution in [0.1, 0.15) is 18.1 Å². The van der Waals surface area contributed by atoms with Crippen molar-refractivity contribution in [2.24, 2.45) is 0 Å². The number of methoxy groups -OCH3 is 2. The number of esters is 1. The molecule has 0 heterocycles. The average molecular weight is 448 g/mol. The van der Waals surface area contributed by atoms with E-state index in [1.165, 1.54) is 12.0 Å². The van der Waals surface area contributed by atoms with Crippen LogP contribution in [0.25, 0.3) is 6.08 Å². The van der Waals surface area contributed by atoms with Gasteiger partial charge in [-0.25, -0.2) is 9.59 Å². The molecule has 0 spiro atoms. The standard InChI is InChI=1S/C21H22BrNO5/c1-4-28-20(24)18(22)13-16-9-5-6-11-19(16)23(21(25)27-3)14-15-8-7-10-17(12-15)26-2/h5-13H,4,14H2,1-3H3/b18-13-. The van der Waals surface area contributed by atoms with E-state index in [1.54, 1.807) is 32.2 Å². The first-order chi connectivity index (χ1) is 13.5. The molecule has 0 N–H and O–H groups in total. The highest BCUT2D eigenvalue weighted by Crippen LogP contribution is 2.27. The van der Waals surface area contributed by atoms with Gasteiger partial charge in [0, 0.05) is 0 Å². The number of carbonyl (C=O) groups excluding carboxylic acids is 2. The lowest BCUT2D eigenvalue weighted by molar-refractivity contribution is -0.137. The molecule has 0 aliphatic heterocycles. The van der Waals surface area contributed by atoms with Gasteiger partial charge in [0.1, 0.15) is 10.2 Å².